The lowest BCUT2D eigenvalue weighted by atomic mass is 9.83. The summed E-state index contributed by atoms with van der Waals surface area (Å²) in [6.07, 6.45) is -5.29. The minimum atomic E-state index is -2.26. The summed E-state index contributed by atoms with van der Waals surface area (Å²) in [5, 5.41) is 11.0. The monoisotopic (exact) mass is 478 g/mol. The van der Waals surface area contributed by atoms with Gasteiger partial charge in [-0.1, -0.05) is 44.2 Å². The molecule has 0 spiro atoms. The van der Waals surface area contributed by atoms with Crippen LogP contribution in [0.3, 0.4) is 0 Å². The Labute approximate surface area is 200 Å². The molecule has 8 atom stereocenters. The number of carbonyl (C=O) groups is 3. The van der Waals surface area contributed by atoms with E-state index in [2.05, 4.69) is 0 Å². The highest BCUT2D eigenvalue weighted by Gasteiger charge is 2.55. The summed E-state index contributed by atoms with van der Waals surface area (Å²) in [4.78, 5) is 39.3. The SMILES string of the molecule is CC[C@H]1OC(=O)[C@H](C)[C@@H](OCc2ccccc2)CC(=O)[C@@]2(C)C[C@@H](C)[C@H](O2)[C@@H](F)C(=O)[C@]1(C)O. The molecule has 2 heterocycles. The van der Waals surface area contributed by atoms with Crippen molar-refractivity contribution in [2.75, 3.05) is 0 Å². The summed E-state index contributed by atoms with van der Waals surface area (Å²) >= 11 is 0. The van der Waals surface area contributed by atoms with E-state index >= 15 is 4.39 Å². The second-order valence-corrected chi connectivity index (χ2v) is 9.99. The van der Waals surface area contributed by atoms with Gasteiger partial charge in [0.05, 0.1) is 24.7 Å². The van der Waals surface area contributed by atoms with Gasteiger partial charge in [0.25, 0.3) is 0 Å². The second kappa shape index (κ2) is 10.2. The van der Waals surface area contributed by atoms with Gasteiger partial charge < -0.3 is 19.3 Å². The Morgan fingerprint density at radius 2 is 1.79 bits per heavy atom. The van der Waals surface area contributed by atoms with Gasteiger partial charge in [-0.15, -0.1) is 0 Å². The largest absolute Gasteiger partial charge is 0.459 e. The van der Waals surface area contributed by atoms with Gasteiger partial charge in [-0.25, -0.2) is 4.39 Å². The van der Waals surface area contributed by atoms with Gasteiger partial charge in [0.2, 0.25) is 5.78 Å². The van der Waals surface area contributed by atoms with Crippen molar-refractivity contribution in [2.24, 2.45) is 11.8 Å². The number of aliphatic hydroxyl groups is 1. The fraction of sp³-hybridized carbons (Fsp3) is 0.654. The number of ketones is 2. The quantitative estimate of drug-likeness (QED) is 0.663. The van der Waals surface area contributed by atoms with Crippen LogP contribution in [0.1, 0.15) is 59.4 Å². The average molecular weight is 479 g/mol. The van der Waals surface area contributed by atoms with Crippen LogP contribution in [-0.4, -0.2) is 58.3 Å². The van der Waals surface area contributed by atoms with E-state index in [4.69, 9.17) is 14.2 Å². The topological polar surface area (TPSA) is 99.1 Å². The third-order valence-corrected chi connectivity index (χ3v) is 7.18. The number of carbonyl (C=O) groups excluding carboxylic acids is 3. The molecule has 3 rings (SSSR count). The van der Waals surface area contributed by atoms with Crippen LogP contribution < -0.4 is 0 Å². The molecule has 1 aromatic carbocycles. The van der Waals surface area contributed by atoms with E-state index in [9.17, 15) is 19.5 Å². The van der Waals surface area contributed by atoms with Crippen LogP contribution in [0.4, 0.5) is 4.39 Å². The maximum absolute atomic E-state index is 15.4. The van der Waals surface area contributed by atoms with Gasteiger partial charge in [-0.05, 0) is 45.1 Å². The highest BCUT2D eigenvalue weighted by molar-refractivity contribution is 5.93. The van der Waals surface area contributed by atoms with Crippen LogP contribution in [0.25, 0.3) is 0 Å². The maximum Gasteiger partial charge on any atom is 0.311 e. The first kappa shape index (κ1) is 26.4. The molecule has 1 N–H and O–H groups in total. The summed E-state index contributed by atoms with van der Waals surface area (Å²) in [5.41, 5.74) is -2.73. The van der Waals surface area contributed by atoms with Gasteiger partial charge >= 0.3 is 5.97 Å². The first-order valence-corrected chi connectivity index (χ1v) is 11.9. The summed E-state index contributed by atoms with van der Waals surface area (Å²) in [6, 6.07) is 9.33. The minimum Gasteiger partial charge on any atom is -0.459 e. The van der Waals surface area contributed by atoms with Gasteiger partial charge in [0.15, 0.2) is 17.6 Å². The Morgan fingerprint density at radius 1 is 1.15 bits per heavy atom. The van der Waals surface area contributed by atoms with Crippen molar-refractivity contribution in [3.63, 3.8) is 0 Å². The molecule has 188 valence electrons. The lowest BCUT2D eigenvalue weighted by Crippen LogP contribution is -2.55. The standard InChI is InChI=1S/C26H35FO7/c1-6-20-26(5,31)23(29)21(27)22-15(2)13-25(4,34-22)19(28)12-18(16(3)24(30)33-20)32-14-17-10-8-7-9-11-17/h7-11,15-16,18,20-22,31H,6,12-14H2,1-5H3/t15-,16-,18+,20-,21-,22+,25-,26-/m1/s1. The summed E-state index contributed by atoms with van der Waals surface area (Å²) in [5.74, 6) is -3.50. The number of ether oxygens (including phenoxy) is 3. The zero-order valence-corrected chi connectivity index (χ0v) is 20.5. The molecule has 34 heavy (non-hydrogen) atoms. The molecule has 2 aliphatic heterocycles. The van der Waals surface area contributed by atoms with Crippen LogP contribution in [0, 0.1) is 11.8 Å². The molecule has 8 heteroatoms. The fourth-order valence-electron chi connectivity index (χ4n) is 4.86. The molecular formula is C26H35FO7. The lowest BCUT2D eigenvalue weighted by molar-refractivity contribution is -0.180. The van der Waals surface area contributed by atoms with E-state index in [1.54, 1.807) is 27.7 Å². The smallest absolute Gasteiger partial charge is 0.311 e. The molecule has 2 bridgehead atoms. The van der Waals surface area contributed by atoms with E-state index in [0.29, 0.717) is 0 Å². The molecule has 2 fully saturated rings. The Bertz CT molecular complexity index is 902. The minimum absolute atomic E-state index is 0.0944. The maximum atomic E-state index is 15.4. The van der Waals surface area contributed by atoms with Crippen molar-refractivity contribution in [3.8, 4) is 0 Å². The molecule has 0 aliphatic carbocycles. The molecule has 2 aliphatic rings. The van der Waals surface area contributed by atoms with E-state index in [0.717, 1.165) is 12.5 Å². The van der Waals surface area contributed by atoms with E-state index < -0.39 is 59.3 Å². The van der Waals surface area contributed by atoms with E-state index in [1.165, 1.54) is 0 Å². The molecule has 1 aromatic rings. The number of halogens is 1. The zero-order chi connectivity index (χ0) is 25.3. The second-order valence-electron chi connectivity index (χ2n) is 9.99. The van der Waals surface area contributed by atoms with Crippen molar-refractivity contribution < 1.29 is 38.1 Å². The first-order chi connectivity index (χ1) is 15.9. The van der Waals surface area contributed by atoms with Gasteiger partial charge in [-0.3, -0.25) is 14.4 Å². The molecule has 0 aromatic heterocycles. The molecule has 0 amide bonds. The van der Waals surface area contributed by atoms with Gasteiger partial charge in [-0.2, -0.15) is 0 Å². The molecule has 0 saturated carbocycles. The number of fused-ring (bicyclic) bond motifs is 2. The van der Waals surface area contributed by atoms with E-state index in [-0.39, 0.29) is 31.7 Å². The van der Waals surface area contributed by atoms with Crippen molar-refractivity contribution in [1.82, 2.24) is 0 Å². The van der Waals surface area contributed by atoms with Crippen molar-refractivity contribution in [1.29, 1.82) is 0 Å². The van der Waals surface area contributed by atoms with Crippen LogP contribution >= 0.6 is 0 Å². The predicted molar refractivity (Wildman–Crippen MR) is 122 cm³/mol. The van der Waals surface area contributed by atoms with Crippen LogP contribution in [0.2, 0.25) is 0 Å². The van der Waals surface area contributed by atoms with Crippen molar-refractivity contribution in [2.45, 2.75) is 96.2 Å². The summed E-state index contributed by atoms with van der Waals surface area (Å²) < 4.78 is 32.7. The third-order valence-electron chi connectivity index (χ3n) is 7.18. The Balaban J connectivity index is 1.96. The number of Topliss-reactive ketones (excluding diaryl/α,β-unsaturated/α-hetero) is 2. The summed E-state index contributed by atoms with van der Waals surface area (Å²) in [7, 11) is 0. The number of hydrogen-bond donors (Lipinski definition) is 1. The van der Waals surface area contributed by atoms with Gasteiger partial charge in [0, 0.05) is 6.42 Å². The molecule has 0 unspecified atom stereocenters. The Hall–Kier alpha value is -2.16. The molecule has 2 saturated heterocycles. The zero-order valence-electron chi connectivity index (χ0n) is 20.5. The van der Waals surface area contributed by atoms with E-state index in [1.807, 2.05) is 30.3 Å². The number of benzene rings is 1. The third kappa shape index (κ3) is 5.24. The van der Waals surface area contributed by atoms with Crippen LogP contribution in [-0.2, 0) is 35.2 Å². The fourth-order valence-corrected chi connectivity index (χ4v) is 4.86. The highest BCUT2D eigenvalue weighted by atomic mass is 19.1. The normalized spacial score (nSPS) is 39.7. The average Bonchev–Trinajstić information content (AvgIpc) is 3.13. The number of rotatable bonds is 4. The Kier molecular flexibility index (Phi) is 7.95. The number of esters is 1. The van der Waals surface area contributed by atoms with Gasteiger partial charge in [0.1, 0.15) is 11.7 Å². The Morgan fingerprint density at radius 3 is 2.41 bits per heavy atom. The van der Waals surface area contributed by atoms with Crippen molar-refractivity contribution in [3.05, 3.63) is 35.9 Å². The number of cyclic esters (lactones) is 1. The molecular weight excluding hydrogens is 443 g/mol. The van der Waals surface area contributed by atoms with Crippen LogP contribution in [0.5, 0.6) is 0 Å². The predicted octanol–water partition coefficient (Wildman–Crippen LogP) is 3.34. The molecule has 0 radical (unpaired) electrons. The lowest BCUT2D eigenvalue weighted by Gasteiger charge is -2.34. The van der Waals surface area contributed by atoms with Crippen LogP contribution in [0.15, 0.2) is 30.3 Å². The first-order valence-electron chi connectivity index (χ1n) is 11.9. The number of hydrogen-bond acceptors (Lipinski definition) is 7. The number of alkyl halides is 1. The highest BCUT2D eigenvalue weighted by Crippen LogP contribution is 2.41. The van der Waals surface area contributed by atoms with Crippen molar-refractivity contribution >= 4 is 17.5 Å². The molecule has 7 nitrogen and oxygen atoms in total. The summed E-state index contributed by atoms with van der Waals surface area (Å²) in [6.45, 7) is 7.83.